The van der Waals surface area contributed by atoms with Crippen molar-refractivity contribution in [3.63, 3.8) is 0 Å². The lowest BCUT2D eigenvalue weighted by atomic mass is 9.93. The van der Waals surface area contributed by atoms with Gasteiger partial charge < -0.3 is 4.90 Å². The van der Waals surface area contributed by atoms with Crippen molar-refractivity contribution in [3.05, 3.63) is 53.9 Å². The molecule has 29 heavy (non-hydrogen) atoms. The molecule has 7 heteroatoms. The van der Waals surface area contributed by atoms with Crippen molar-refractivity contribution in [1.29, 1.82) is 5.26 Å². The summed E-state index contributed by atoms with van der Waals surface area (Å²) in [5.41, 5.74) is 3.10. The van der Waals surface area contributed by atoms with Crippen molar-refractivity contribution in [2.75, 3.05) is 6.54 Å². The Morgan fingerprint density at radius 1 is 1.24 bits per heavy atom. The number of nitriles is 1. The van der Waals surface area contributed by atoms with Crippen molar-refractivity contribution in [2.24, 2.45) is 0 Å². The number of hydrogen-bond donors (Lipinski definition) is 0. The summed E-state index contributed by atoms with van der Waals surface area (Å²) in [4.78, 5) is 30.2. The lowest BCUT2D eigenvalue weighted by molar-refractivity contribution is -0.132. The third kappa shape index (κ3) is 4.48. The summed E-state index contributed by atoms with van der Waals surface area (Å²) in [6.07, 6.45) is 2.92. The van der Waals surface area contributed by atoms with Crippen LogP contribution < -0.4 is 0 Å². The fraction of sp³-hybridized carbons (Fsp3) is 0.364. The summed E-state index contributed by atoms with van der Waals surface area (Å²) >= 11 is 0. The predicted molar refractivity (Wildman–Crippen MR) is 103 cm³/mol. The van der Waals surface area contributed by atoms with E-state index in [9.17, 15) is 18.4 Å². The van der Waals surface area contributed by atoms with Gasteiger partial charge in [-0.3, -0.25) is 14.6 Å². The van der Waals surface area contributed by atoms with E-state index in [1.165, 1.54) is 6.20 Å². The molecule has 1 aromatic carbocycles. The molecule has 0 saturated carbocycles. The minimum absolute atomic E-state index is 0.121. The quantitative estimate of drug-likeness (QED) is 0.690. The lowest BCUT2D eigenvalue weighted by Crippen LogP contribution is -2.36. The number of Topliss-reactive ketones (excluding diaryl/α,β-unsaturated/α-hetero) is 1. The standard InChI is InChI=1S/C22H21F2N3O2/c1-2-15-5-3-4-6-17(15)19-13-26-10-9-18(19)20(28)7-8-21(29)27-14-22(23,24)11-16(27)12-25/h3-6,9-10,13,16H,2,7-8,11,14H2,1H3/t16-/m0/s1. The topological polar surface area (TPSA) is 74.1 Å². The molecule has 2 heterocycles. The minimum atomic E-state index is -3.07. The highest BCUT2D eigenvalue weighted by Gasteiger charge is 2.47. The Morgan fingerprint density at radius 2 is 2.00 bits per heavy atom. The minimum Gasteiger partial charge on any atom is -0.320 e. The summed E-state index contributed by atoms with van der Waals surface area (Å²) in [5.74, 6) is -3.94. The maximum absolute atomic E-state index is 13.5. The van der Waals surface area contributed by atoms with Crippen LogP contribution in [0.1, 0.15) is 42.1 Å². The summed E-state index contributed by atoms with van der Waals surface area (Å²) in [5, 5.41) is 9.03. The van der Waals surface area contributed by atoms with Gasteiger partial charge in [0.15, 0.2) is 5.78 Å². The second-order valence-electron chi connectivity index (χ2n) is 7.08. The van der Waals surface area contributed by atoms with Crippen LogP contribution in [0.2, 0.25) is 0 Å². The van der Waals surface area contributed by atoms with E-state index in [-0.39, 0.29) is 18.6 Å². The van der Waals surface area contributed by atoms with E-state index in [2.05, 4.69) is 4.98 Å². The van der Waals surface area contributed by atoms with Crippen molar-refractivity contribution >= 4 is 11.7 Å². The number of pyridine rings is 1. The molecule has 0 spiro atoms. The van der Waals surface area contributed by atoms with E-state index in [1.807, 2.05) is 31.2 Å². The number of carbonyl (C=O) groups is 2. The average molecular weight is 397 g/mol. The van der Waals surface area contributed by atoms with Crippen LogP contribution in [0.5, 0.6) is 0 Å². The molecule has 150 valence electrons. The third-order valence-electron chi connectivity index (χ3n) is 5.12. The van der Waals surface area contributed by atoms with E-state index in [0.29, 0.717) is 11.1 Å². The van der Waals surface area contributed by atoms with Crippen molar-refractivity contribution in [3.8, 4) is 17.2 Å². The van der Waals surface area contributed by atoms with E-state index >= 15 is 0 Å². The van der Waals surface area contributed by atoms with Gasteiger partial charge in [-0.25, -0.2) is 8.78 Å². The predicted octanol–water partition coefficient (Wildman–Crippen LogP) is 4.03. The average Bonchev–Trinajstić information content (AvgIpc) is 3.06. The van der Waals surface area contributed by atoms with Gasteiger partial charge in [0.1, 0.15) is 6.04 Å². The number of amides is 1. The molecular formula is C22H21F2N3O2. The van der Waals surface area contributed by atoms with Crippen LogP contribution in [0.3, 0.4) is 0 Å². The fourth-order valence-electron chi connectivity index (χ4n) is 3.64. The maximum atomic E-state index is 13.5. The molecule has 1 fully saturated rings. The van der Waals surface area contributed by atoms with Crippen molar-refractivity contribution < 1.29 is 18.4 Å². The molecule has 1 saturated heterocycles. The Morgan fingerprint density at radius 3 is 2.72 bits per heavy atom. The number of aryl methyl sites for hydroxylation is 1. The summed E-state index contributed by atoms with van der Waals surface area (Å²) < 4.78 is 27.1. The van der Waals surface area contributed by atoms with Gasteiger partial charge in [-0.1, -0.05) is 31.2 Å². The number of ketones is 1. The number of alkyl halides is 2. The second kappa shape index (κ2) is 8.48. The highest BCUT2D eigenvalue weighted by Crippen LogP contribution is 2.32. The molecule has 0 bridgehead atoms. The van der Waals surface area contributed by atoms with Crippen molar-refractivity contribution in [2.45, 2.75) is 44.6 Å². The number of hydrogen-bond acceptors (Lipinski definition) is 4. The first-order chi connectivity index (χ1) is 13.9. The fourth-order valence-corrected chi connectivity index (χ4v) is 3.64. The number of carbonyl (C=O) groups excluding carboxylic acids is 2. The zero-order valence-electron chi connectivity index (χ0n) is 16.1. The molecule has 0 aliphatic carbocycles. The maximum Gasteiger partial charge on any atom is 0.268 e. The highest BCUT2D eigenvalue weighted by molar-refractivity contribution is 6.03. The van der Waals surface area contributed by atoms with Gasteiger partial charge >= 0.3 is 0 Å². The van der Waals surface area contributed by atoms with Gasteiger partial charge in [-0.15, -0.1) is 0 Å². The molecule has 1 atom stereocenters. The van der Waals surface area contributed by atoms with Crippen LogP contribution in [0.15, 0.2) is 42.7 Å². The molecule has 1 aromatic heterocycles. The summed E-state index contributed by atoms with van der Waals surface area (Å²) in [6.45, 7) is 1.25. The highest BCUT2D eigenvalue weighted by atomic mass is 19.3. The van der Waals surface area contributed by atoms with Crippen LogP contribution >= 0.6 is 0 Å². The van der Waals surface area contributed by atoms with E-state index in [4.69, 9.17) is 5.26 Å². The van der Waals surface area contributed by atoms with Gasteiger partial charge in [0.2, 0.25) is 5.91 Å². The lowest BCUT2D eigenvalue weighted by Gasteiger charge is -2.19. The molecule has 5 nitrogen and oxygen atoms in total. The van der Waals surface area contributed by atoms with E-state index in [0.717, 1.165) is 22.4 Å². The first kappa shape index (κ1) is 20.6. The number of aromatic nitrogens is 1. The number of benzene rings is 1. The molecule has 0 unspecified atom stereocenters. The third-order valence-corrected chi connectivity index (χ3v) is 5.12. The monoisotopic (exact) mass is 397 g/mol. The zero-order valence-corrected chi connectivity index (χ0v) is 16.1. The Balaban J connectivity index is 1.76. The summed E-state index contributed by atoms with van der Waals surface area (Å²) in [6, 6.07) is 9.91. The van der Waals surface area contributed by atoms with Crippen LogP contribution in [-0.4, -0.2) is 40.1 Å². The first-order valence-electron chi connectivity index (χ1n) is 9.48. The number of likely N-dealkylation sites (tertiary alicyclic amines) is 1. The normalized spacial score (nSPS) is 17.7. The Kier molecular flexibility index (Phi) is 6.02. The van der Waals surface area contributed by atoms with Crippen LogP contribution in [0.25, 0.3) is 11.1 Å². The smallest absolute Gasteiger partial charge is 0.268 e. The van der Waals surface area contributed by atoms with Crippen molar-refractivity contribution in [1.82, 2.24) is 9.88 Å². The molecule has 0 N–H and O–H groups in total. The van der Waals surface area contributed by atoms with Gasteiger partial charge in [0.25, 0.3) is 5.92 Å². The van der Waals surface area contributed by atoms with E-state index < -0.39 is 30.8 Å². The largest absolute Gasteiger partial charge is 0.320 e. The molecule has 3 rings (SSSR count). The molecule has 1 amide bonds. The van der Waals surface area contributed by atoms with Crippen LogP contribution in [-0.2, 0) is 11.2 Å². The summed E-state index contributed by atoms with van der Waals surface area (Å²) in [7, 11) is 0. The van der Waals surface area contributed by atoms with Crippen LogP contribution in [0.4, 0.5) is 8.78 Å². The Bertz CT molecular complexity index is 969. The number of rotatable bonds is 6. The van der Waals surface area contributed by atoms with Gasteiger partial charge in [-0.05, 0) is 23.6 Å². The second-order valence-corrected chi connectivity index (χ2v) is 7.08. The van der Waals surface area contributed by atoms with Gasteiger partial charge in [0, 0.05) is 42.8 Å². The Labute approximate surface area is 168 Å². The van der Waals surface area contributed by atoms with E-state index in [1.54, 1.807) is 18.3 Å². The van der Waals surface area contributed by atoms with Gasteiger partial charge in [0.05, 0.1) is 12.6 Å². The molecular weight excluding hydrogens is 376 g/mol. The number of halogens is 2. The molecule has 2 aromatic rings. The molecule has 0 radical (unpaired) electrons. The SMILES string of the molecule is CCc1ccccc1-c1cnccc1C(=O)CCC(=O)N1CC(F)(F)C[C@H]1C#N. The van der Waals surface area contributed by atoms with Gasteiger partial charge in [-0.2, -0.15) is 5.26 Å². The first-order valence-corrected chi connectivity index (χ1v) is 9.48. The Hall–Kier alpha value is -3.14. The zero-order chi connectivity index (χ0) is 21.0. The molecule has 1 aliphatic rings. The molecule has 1 aliphatic heterocycles. The van der Waals surface area contributed by atoms with Crippen LogP contribution in [0, 0.1) is 11.3 Å². The number of nitrogens with zero attached hydrogens (tertiary/aromatic N) is 3.